The van der Waals surface area contributed by atoms with Crippen molar-refractivity contribution in [2.75, 3.05) is 19.7 Å². The van der Waals surface area contributed by atoms with Gasteiger partial charge in [-0.25, -0.2) is 13.8 Å². The number of alkyl halides is 2. The smallest absolute Gasteiger partial charge is 0.278 e. The van der Waals surface area contributed by atoms with Gasteiger partial charge in [-0.05, 0) is 75.8 Å². The lowest BCUT2D eigenvalue weighted by Gasteiger charge is -2.32. The molecule has 5 rings (SSSR count). The molecule has 202 valence electrons. The minimum Gasteiger partial charge on any atom is -0.464 e. The predicted molar refractivity (Wildman–Crippen MR) is 138 cm³/mol. The summed E-state index contributed by atoms with van der Waals surface area (Å²) < 4.78 is 33.0. The molecule has 7 nitrogen and oxygen atoms in total. The maximum atomic E-state index is 13.1. The Morgan fingerprint density at radius 1 is 1.19 bits per heavy atom. The largest absolute Gasteiger partial charge is 0.464 e. The minimum atomic E-state index is -2.86. The van der Waals surface area contributed by atoms with Gasteiger partial charge in [0.2, 0.25) is 0 Å². The van der Waals surface area contributed by atoms with Gasteiger partial charge < -0.3 is 14.6 Å². The van der Waals surface area contributed by atoms with Crippen molar-refractivity contribution in [3.63, 3.8) is 0 Å². The first-order valence-electron chi connectivity index (χ1n) is 13.5. The average molecular weight is 535 g/mol. The molecule has 0 atom stereocenters. The van der Waals surface area contributed by atoms with E-state index in [2.05, 4.69) is 15.2 Å². The van der Waals surface area contributed by atoms with Gasteiger partial charge in [0, 0.05) is 43.5 Å². The Balaban J connectivity index is 1.05. The second-order valence-electron chi connectivity index (χ2n) is 11.0. The van der Waals surface area contributed by atoms with Crippen LogP contribution in [0.1, 0.15) is 72.9 Å². The number of fused-ring (bicyclic) bond motifs is 1. The minimum absolute atomic E-state index is 0.1000. The maximum absolute atomic E-state index is 13.1. The van der Waals surface area contributed by atoms with E-state index in [-0.39, 0.29) is 17.5 Å². The number of hydrogen-bond acceptors (Lipinski definition) is 6. The molecule has 2 aromatic rings. The van der Waals surface area contributed by atoms with Crippen molar-refractivity contribution in [1.29, 1.82) is 0 Å². The first kappa shape index (κ1) is 26.3. The summed E-state index contributed by atoms with van der Waals surface area (Å²) in [5, 5.41) is 3.52. The van der Waals surface area contributed by atoms with E-state index in [1.165, 1.54) is 17.4 Å². The summed E-state index contributed by atoms with van der Waals surface area (Å²) in [7, 11) is 0. The Labute approximate surface area is 220 Å². The lowest BCUT2D eigenvalue weighted by Crippen LogP contribution is -2.40. The maximum Gasteiger partial charge on any atom is 0.278 e. The van der Waals surface area contributed by atoms with Crippen LogP contribution in [0.2, 0.25) is 0 Å². The van der Waals surface area contributed by atoms with Gasteiger partial charge in [0.25, 0.3) is 22.6 Å². The van der Waals surface area contributed by atoms with Crippen LogP contribution < -0.4 is 15.6 Å². The summed E-state index contributed by atoms with van der Waals surface area (Å²) in [5.41, 5.74) is 1.33. The highest BCUT2D eigenvalue weighted by Gasteiger charge is 2.28. The zero-order valence-electron chi connectivity index (χ0n) is 21.4. The SMILES string of the molecule is CC(F)(F)COc1nc2c(s1)CCN(CCC1CCC(NC(=O)c3cccc(=O)n3CC3CC3)CC1)C2. The molecule has 0 bridgehead atoms. The molecular formula is C27H36F2N4O3S. The van der Waals surface area contributed by atoms with E-state index in [1.807, 2.05) is 0 Å². The van der Waals surface area contributed by atoms with Crippen LogP contribution in [0.3, 0.4) is 0 Å². The summed E-state index contributed by atoms with van der Waals surface area (Å²) in [6.07, 6.45) is 8.30. The van der Waals surface area contributed by atoms with E-state index in [0.717, 1.165) is 88.5 Å². The molecule has 0 saturated heterocycles. The van der Waals surface area contributed by atoms with Gasteiger partial charge in [-0.15, -0.1) is 0 Å². The van der Waals surface area contributed by atoms with Gasteiger partial charge in [-0.3, -0.25) is 14.5 Å². The Kier molecular flexibility index (Phi) is 7.95. The van der Waals surface area contributed by atoms with Crippen LogP contribution in [0.25, 0.3) is 0 Å². The number of hydrogen-bond donors (Lipinski definition) is 1. The number of rotatable bonds is 10. The Morgan fingerprint density at radius 2 is 1.95 bits per heavy atom. The van der Waals surface area contributed by atoms with Crippen LogP contribution in [0.15, 0.2) is 23.0 Å². The Hall–Kier alpha value is -2.33. The normalized spacial score (nSPS) is 22.5. The number of thiazole rings is 1. The van der Waals surface area contributed by atoms with E-state index in [4.69, 9.17) is 4.74 Å². The molecule has 10 heteroatoms. The number of aromatic nitrogens is 2. The fourth-order valence-electron chi connectivity index (χ4n) is 5.36. The van der Waals surface area contributed by atoms with Crippen LogP contribution in [-0.4, -0.2) is 52.0 Å². The van der Waals surface area contributed by atoms with Gasteiger partial charge in [0.15, 0.2) is 6.61 Å². The third-order valence-electron chi connectivity index (χ3n) is 7.69. The molecule has 0 spiro atoms. The zero-order chi connectivity index (χ0) is 26.0. The van der Waals surface area contributed by atoms with Crippen molar-refractivity contribution in [2.45, 2.75) is 83.3 Å². The third-order valence-corrected chi connectivity index (χ3v) is 8.76. The highest BCUT2D eigenvalue weighted by atomic mass is 32.1. The number of nitrogens with one attached hydrogen (secondary N) is 1. The molecule has 1 aliphatic heterocycles. The first-order chi connectivity index (χ1) is 17.7. The van der Waals surface area contributed by atoms with Crippen molar-refractivity contribution in [3.05, 3.63) is 44.8 Å². The number of pyridine rings is 1. The summed E-state index contributed by atoms with van der Waals surface area (Å²) in [5.74, 6) is -1.85. The molecule has 3 heterocycles. The van der Waals surface area contributed by atoms with Crippen LogP contribution in [-0.2, 0) is 19.5 Å². The van der Waals surface area contributed by atoms with Gasteiger partial charge in [0.05, 0.1) is 5.69 Å². The molecule has 0 unspecified atom stereocenters. The van der Waals surface area contributed by atoms with Crippen molar-refractivity contribution in [2.24, 2.45) is 11.8 Å². The standard InChI is InChI=1S/C27H36F2N4O3S/c1-27(28,29)17-36-26-31-21-16-32(14-12-23(21)37-26)13-11-18-7-9-20(10-8-18)30-25(35)22-3-2-4-24(34)33(22)15-19-5-6-19/h2-4,18-20H,5-17H2,1H3,(H,30,35). The molecule has 2 aromatic heterocycles. The zero-order valence-corrected chi connectivity index (χ0v) is 22.2. The Morgan fingerprint density at radius 3 is 2.68 bits per heavy atom. The van der Waals surface area contributed by atoms with Gasteiger partial charge in [0.1, 0.15) is 5.69 Å². The predicted octanol–water partition coefficient (Wildman–Crippen LogP) is 4.49. The van der Waals surface area contributed by atoms with E-state index in [9.17, 15) is 18.4 Å². The topological polar surface area (TPSA) is 76.5 Å². The van der Waals surface area contributed by atoms with Crippen LogP contribution in [0.4, 0.5) is 8.78 Å². The highest BCUT2D eigenvalue weighted by molar-refractivity contribution is 7.13. The monoisotopic (exact) mass is 534 g/mol. The molecule has 1 N–H and O–H groups in total. The van der Waals surface area contributed by atoms with Gasteiger partial charge >= 0.3 is 0 Å². The highest BCUT2D eigenvalue weighted by Crippen LogP contribution is 2.33. The second kappa shape index (κ2) is 11.2. The third kappa shape index (κ3) is 7.16. The summed E-state index contributed by atoms with van der Waals surface area (Å²) in [6.45, 7) is 3.52. The van der Waals surface area contributed by atoms with Crippen LogP contribution >= 0.6 is 11.3 Å². The summed E-state index contributed by atoms with van der Waals surface area (Å²) in [6, 6.07) is 5.10. The fraction of sp³-hybridized carbons (Fsp3) is 0.667. The van der Waals surface area contributed by atoms with Crippen LogP contribution in [0, 0.1) is 11.8 Å². The average Bonchev–Trinajstić information content (AvgIpc) is 3.59. The number of carbonyl (C=O) groups is 1. The van der Waals surface area contributed by atoms with Crippen molar-refractivity contribution in [1.82, 2.24) is 19.8 Å². The molecule has 2 saturated carbocycles. The number of halogens is 2. The first-order valence-corrected chi connectivity index (χ1v) is 14.3. The molecule has 0 radical (unpaired) electrons. The molecule has 2 fully saturated rings. The number of ether oxygens (including phenoxy) is 1. The molecule has 0 aromatic carbocycles. The lowest BCUT2D eigenvalue weighted by atomic mass is 9.84. The van der Waals surface area contributed by atoms with Crippen molar-refractivity contribution >= 4 is 17.2 Å². The lowest BCUT2D eigenvalue weighted by molar-refractivity contribution is -0.0230. The molecule has 37 heavy (non-hydrogen) atoms. The van der Waals surface area contributed by atoms with E-state index in [0.29, 0.717) is 29.3 Å². The Bertz CT molecular complexity index is 1150. The molecule has 2 aliphatic carbocycles. The summed E-state index contributed by atoms with van der Waals surface area (Å²) >= 11 is 1.39. The van der Waals surface area contributed by atoms with Crippen molar-refractivity contribution in [3.8, 4) is 5.19 Å². The number of nitrogens with zero attached hydrogens (tertiary/aromatic N) is 3. The number of amides is 1. The molecule has 3 aliphatic rings. The summed E-state index contributed by atoms with van der Waals surface area (Å²) in [4.78, 5) is 33.3. The quantitative estimate of drug-likeness (QED) is 0.486. The second-order valence-corrected chi connectivity index (χ2v) is 12.1. The van der Waals surface area contributed by atoms with Gasteiger partial charge in [-0.1, -0.05) is 17.4 Å². The van der Waals surface area contributed by atoms with E-state index < -0.39 is 12.5 Å². The fourth-order valence-corrected chi connectivity index (χ4v) is 6.26. The number of carbonyl (C=O) groups excluding carboxylic acids is 1. The molecular weight excluding hydrogens is 498 g/mol. The van der Waals surface area contributed by atoms with Crippen LogP contribution in [0.5, 0.6) is 5.19 Å². The molecule has 1 amide bonds. The van der Waals surface area contributed by atoms with Gasteiger partial charge in [-0.2, -0.15) is 0 Å². The van der Waals surface area contributed by atoms with E-state index >= 15 is 0 Å². The van der Waals surface area contributed by atoms with Crippen molar-refractivity contribution < 1.29 is 18.3 Å². The van der Waals surface area contributed by atoms with E-state index in [1.54, 1.807) is 16.7 Å².